The number of hydrogen-bond acceptors (Lipinski definition) is 5. The molecule has 0 aliphatic rings. The van der Waals surface area contributed by atoms with Gasteiger partial charge in [0, 0.05) is 11.9 Å². The van der Waals surface area contributed by atoms with Crippen molar-refractivity contribution in [3.63, 3.8) is 0 Å². The molecule has 6 heteroatoms. The van der Waals surface area contributed by atoms with Crippen molar-refractivity contribution >= 4 is 34.6 Å². The van der Waals surface area contributed by atoms with Gasteiger partial charge >= 0.3 is 0 Å². The maximum atomic E-state index is 12.2. The molecule has 3 aromatic rings. The Balaban J connectivity index is 1.66. The van der Waals surface area contributed by atoms with E-state index in [-0.39, 0.29) is 11.7 Å². The summed E-state index contributed by atoms with van der Waals surface area (Å²) in [7, 11) is 0. The van der Waals surface area contributed by atoms with Gasteiger partial charge in [0.05, 0.1) is 5.75 Å². The number of benzene rings is 1. The SMILES string of the molecule is Cc1cc(C)c(NC(=O)CSc2nc3ncccc3o2)c(C)c1. The van der Waals surface area contributed by atoms with Crippen molar-refractivity contribution in [3.8, 4) is 0 Å². The summed E-state index contributed by atoms with van der Waals surface area (Å²) < 4.78 is 5.54. The molecule has 0 saturated heterocycles. The number of carbonyl (C=O) groups is 1. The van der Waals surface area contributed by atoms with E-state index in [4.69, 9.17) is 4.42 Å². The van der Waals surface area contributed by atoms with Gasteiger partial charge in [0.15, 0.2) is 11.2 Å². The fourth-order valence-electron chi connectivity index (χ4n) is 2.49. The maximum absolute atomic E-state index is 12.2. The Hall–Kier alpha value is -2.34. The predicted molar refractivity (Wildman–Crippen MR) is 91.8 cm³/mol. The van der Waals surface area contributed by atoms with Crippen LogP contribution in [0, 0.1) is 20.8 Å². The number of fused-ring (bicyclic) bond motifs is 1. The molecule has 0 aliphatic heterocycles. The smallest absolute Gasteiger partial charge is 0.258 e. The lowest BCUT2D eigenvalue weighted by Crippen LogP contribution is -2.15. The number of aromatic nitrogens is 2. The molecule has 23 heavy (non-hydrogen) atoms. The number of oxazole rings is 1. The number of anilines is 1. The molecule has 0 aliphatic carbocycles. The number of pyridine rings is 1. The number of hydrogen-bond donors (Lipinski definition) is 1. The molecule has 3 rings (SSSR count). The van der Waals surface area contributed by atoms with Crippen molar-refractivity contribution in [2.75, 3.05) is 11.1 Å². The number of nitrogens with one attached hydrogen (secondary N) is 1. The van der Waals surface area contributed by atoms with Gasteiger partial charge in [-0.2, -0.15) is 4.98 Å². The molecule has 0 unspecified atom stereocenters. The Morgan fingerprint density at radius 1 is 1.26 bits per heavy atom. The highest BCUT2D eigenvalue weighted by Crippen LogP contribution is 2.24. The van der Waals surface area contributed by atoms with E-state index < -0.39 is 0 Å². The monoisotopic (exact) mass is 327 g/mol. The number of rotatable bonds is 4. The fourth-order valence-corrected chi connectivity index (χ4v) is 3.12. The third kappa shape index (κ3) is 3.53. The van der Waals surface area contributed by atoms with E-state index in [0.29, 0.717) is 16.5 Å². The molecule has 0 fully saturated rings. The van der Waals surface area contributed by atoms with E-state index in [9.17, 15) is 4.79 Å². The van der Waals surface area contributed by atoms with Crippen molar-refractivity contribution in [2.45, 2.75) is 26.0 Å². The lowest BCUT2D eigenvalue weighted by atomic mass is 10.1. The minimum atomic E-state index is -0.0831. The summed E-state index contributed by atoms with van der Waals surface area (Å²) in [5.41, 5.74) is 5.37. The van der Waals surface area contributed by atoms with Crippen LogP contribution >= 0.6 is 11.8 Å². The van der Waals surface area contributed by atoms with Gasteiger partial charge in [0.2, 0.25) is 5.91 Å². The Morgan fingerprint density at radius 2 is 2.00 bits per heavy atom. The molecule has 0 atom stereocenters. The zero-order chi connectivity index (χ0) is 16.4. The molecule has 2 heterocycles. The molecule has 0 spiro atoms. The minimum Gasteiger partial charge on any atom is -0.430 e. The van der Waals surface area contributed by atoms with Gasteiger partial charge < -0.3 is 9.73 Å². The summed E-state index contributed by atoms with van der Waals surface area (Å²) in [5.74, 6) is 0.153. The lowest BCUT2D eigenvalue weighted by molar-refractivity contribution is -0.113. The molecule has 1 aromatic carbocycles. The summed E-state index contributed by atoms with van der Waals surface area (Å²) in [5, 5.41) is 3.42. The number of thioether (sulfide) groups is 1. The average Bonchev–Trinajstić information content (AvgIpc) is 2.91. The van der Waals surface area contributed by atoms with Crippen molar-refractivity contribution in [2.24, 2.45) is 0 Å². The first-order chi connectivity index (χ1) is 11.0. The molecular weight excluding hydrogens is 310 g/mol. The van der Waals surface area contributed by atoms with Gasteiger partial charge in [-0.25, -0.2) is 4.98 Å². The van der Waals surface area contributed by atoms with Crippen LogP contribution in [0.4, 0.5) is 5.69 Å². The van der Waals surface area contributed by atoms with Gasteiger partial charge in [-0.05, 0) is 44.0 Å². The van der Waals surface area contributed by atoms with E-state index >= 15 is 0 Å². The molecule has 1 N–H and O–H groups in total. The molecule has 0 radical (unpaired) electrons. The summed E-state index contributed by atoms with van der Waals surface area (Å²) >= 11 is 1.26. The van der Waals surface area contributed by atoms with Crippen LogP contribution < -0.4 is 5.32 Å². The average molecular weight is 327 g/mol. The predicted octanol–water partition coefficient (Wildman–Crippen LogP) is 3.88. The van der Waals surface area contributed by atoms with Crippen molar-refractivity contribution in [3.05, 3.63) is 47.2 Å². The highest BCUT2D eigenvalue weighted by molar-refractivity contribution is 7.99. The molecule has 2 aromatic heterocycles. The summed E-state index contributed by atoms with van der Waals surface area (Å²) in [6.07, 6.45) is 1.66. The Bertz CT molecular complexity index is 817. The first-order valence-corrected chi connectivity index (χ1v) is 8.23. The van der Waals surface area contributed by atoms with Gasteiger partial charge in [-0.1, -0.05) is 29.5 Å². The summed E-state index contributed by atoms with van der Waals surface area (Å²) in [4.78, 5) is 20.5. The quantitative estimate of drug-likeness (QED) is 0.737. The summed E-state index contributed by atoms with van der Waals surface area (Å²) in [6.45, 7) is 6.03. The lowest BCUT2D eigenvalue weighted by Gasteiger charge is -2.12. The van der Waals surface area contributed by atoms with E-state index in [1.54, 1.807) is 18.3 Å². The van der Waals surface area contributed by atoms with Crippen LogP contribution in [0.2, 0.25) is 0 Å². The number of aryl methyl sites for hydroxylation is 3. The van der Waals surface area contributed by atoms with Crippen LogP contribution in [0.15, 0.2) is 40.1 Å². The minimum absolute atomic E-state index is 0.0831. The molecule has 0 bridgehead atoms. The van der Waals surface area contributed by atoms with Gasteiger partial charge in [0.25, 0.3) is 5.22 Å². The van der Waals surface area contributed by atoms with Crippen LogP contribution in [0.5, 0.6) is 0 Å². The van der Waals surface area contributed by atoms with E-state index in [1.807, 2.05) is 20.8 Å². The van der Waals surface area contributed by atoms with Crippen molar-refractivity contribution in [1.82, 2.24) is 9.97 Å². The highest BCUT2D eigenvalue weighted by atomic mass is 32.2. The topological polar surface area (TPSA) is 68.0 Å². The fraction of sp³-hybridized carbons (Fsp3) is 0.235. The van der Waals surface area contributed by atoms with Crippen LogP contribution in [0.3, 0.4) is 0 Å². The molecule has 5 nitrogen and oxygen atoms in total. The largest absolute Gasteiger partial charge is 0.430 e. The third-order valence-electron chi connectivity index (χ3n) is 3.41. The summed E-state index contributed by atoms with van der Waals surface area (Å²) in [6, 6.07) is 7.71. The van der Waals surface area contributed by atoms with Crippen LogP contribution in [0.25, 0.3) is 11.2 Å². The second-order valence-corrected chi connectivity index (χ2v) is 6.34. The van der Waals surface area contributed by atoms with Crippen LogP contribution in [-0.4, -0.2) is 21.6 Å². The second-order valence-electron chi connectivity index (χ2n) is 5.42. The normalized spacial score (nSPS) is 10.9. The van der Waals surface area contributed by atoms with E-state index in [1.165, 1.54) is 17.3 Å². The third-order valence-corrected chi connectivity index (χ3v) is 4.24. The number of carbonyl (C=O) groups excluding carboxylic acids is 1. The van der Waals surface area contributed by atoms with Crippen molar-refractivity contribution in [1.29, 1.82) is 0 Å². The van der Waals surface area contributed by atoms with E-state index in [0.717, 1.165) is 16.8 Å². The highest BCUT2D eigenvalue weighted by Gasteiger charge is 2.12. The zero-order valence-electron chi connectivity index (χ0n) is 13.2. The Kier molecular flexibility index (Phi) is 4.34. The van der Waals surface area contributed by atoms with Crippen molar-refractivity contribution < 1.29 is 9.21 Å². The Labute approximate surface area is 138 Å². The number of amides is 1. The molecule has 118 valence electrons. The van der Waals surface area contributed by atoms with Gasteiger partial charge in [0.1, 0.15) is 0 Å². The zero-order valence-corrected chi connectivity index (χ0v) is 14.0. The second kappa shape index (κ2) is 6.42. The van der Waals surface area contributed by atoms with Gasteiger partial charge in [-0.15, -0.1) is 0 Å². The molecule has 1 amide bonds. The molecule has 0 saturated carbocycles. The maximum Gasteiger partial charge on any atom is 0.258 e. The first-order valence-electron chi connectivity index (χ1n) is 7.25. The van der Waals surface area contributed by atoms with Crippen LogP contribution in [-0.2, 0) is 4.79 Å². The Morgan fingerprint density at radius 3 is 2.70 bits per heavy atom. The molecular formula is C17H17N3O2S. The van der Waals surface area contributed by atoms with E-state index in [2.05, 4.69) is 27.4 Å². The van der Waals surface area contributed by atoms with Gasteiger partial charge in [-0.3, -0.25) is 4.79 Å². The number of nitrogens with zero attached hydrogens (tertiary/aromatic N) is 2. The standard InChI is InChI=1S/C17H17N3O2S/c1-10-7-11(2)15(12(3)8-10)19-14(21)9-23-17-20-16-13(22-17)5-4-6-18-16/h4-8H,9H2,1-3H3,(H,19,21). The van der Waals surface area contributed by atoms with Crippen LogP contribution in [0.1, 0.15) is 16.7 Å². The first kappa shape index (κ1) is 15.6.